The van der Waals surface area contributed by atoms with E-state index in [1.165, 1.54) is 11.3 Å². The summed E-state index contributed by atoms with van der Waals surface area (Å²) < 4.78 is 0. The van der Waals surface area contributed by atoms with Gasteiger partial charge in [0.25, 0.3) is 5.91 Å². The number of hydrogen-bond donors (Lipinski definition) is 2. The van der Waals surface area contributed by atoms with Crippen molar-refractivity contribution >= 4 is 28.2 Å². The largest absolute Gasteiger partial charge is 0.336 e. The number of nitrogens with zero attached hydrogens (tertiary/aromatic N) is 1. The molecule has 1 aliphatic heterocycles. The van der Waals surface area contributed by atoms with Crippen LogP contribution in [-0.4, -0.2) is 42.9 Å². The van der Waals surface area contributed by atoms with Crippen molar-refractivity contribution in [1.82, 2.24) is 10.2 Å². The summed E-state index contributed by atoms with van der Waals surface area (Å²) in [5.41, 5.74) is 1.65. The van der Waals surface area contributed by atoms with Gasteiger partial charge in [-0.1, -0.05) is 13.8 Å². The van der Waals surface area contributed by atoms with Crippen molar-refractivity contribution in [2.24, 2.45) is 5.92 Å². The maximum Gasteiger partial charge on any atom is 0.257 e. The molecule has 0 bridgehead atoms. The third-order valence-corrected chi connectivity index (χ3v) is 4.97. The smallest absolute Gasteiger partial charge is 0.257 e. The fraction of sp³-hybridized carbons (Fsp3) is 0.625. The van der Waals surface area contributed by atoms with Crippen LogP contribution in [-0.2, 0) is 4.79 Å². The molecular formula is C16H25N3O2S. The molecule has 1 fully saturated rings. The van der Waals surface area contributed by atoms with E-state index < -0.39 is 0 Å². The number of anilines is 1. The predicted octanol–water partition coefficient (Wildman–Crippen LogP) is 2.39. The van der Waals surface area contributed by atoms with Crippen molar-refractivity contribution in [3.63, 3.8) is 0 Å². The zero-order valence-corrected chi connectivity index (χ0v) is 14.6. The number of amides is 2. The molecule has 122 valence electrons. The summed E-state index contributed by atoms with van der Waals surface area (Å²) in [6.45, 7) is 11.0. The maximum absolute atomic E-state index is 12.8. The summed E-state index contributed by atoms with van der Waals surface area (Å²) in [5, 5.41) is 6.89. The van der Waals surface area contributed by atoms with Crippen LogP contribution < -0.4 is 10.6 Å². The van der Waals surface area contributed by atoms with E-state index in [9.17, 15) is 9.59 Å². The lowest BCUT2D eigenvalue weighted by molar-refractivity contribution is -0.116. The topological polar surface area (TPSA) is 61.4 Å². The highest BCUT2D eigenvalue weighted by Gasteiger charge is 2.26. The van der Waals surface area contributed by atoms with Crippen LogP contribution in [0.25, 0.3) is 0 Å². The van der Waals surface area contributed by atoms with Crippen LogP contribution in [0.1, 0.15) is 41.1 Å². The van der Waals surface area contributed by atoms with Crippen molar-refractivity contribution < 1.29 is 9.59 Å². The molecule has 0 aliphatic carbocycles. The molecule has 0 saturated carbocycles. The van der Waals surface area contributed by atoms with E-state index in [-0.39, 0.29) is 11.8 Å². The third-order valence-electron chi connectivity index (χ3n) is 3.85. The minimum atomic E-state index is -0.0226. The van der Waals surface area contributed by atoms with E-state index >= 15 is 0 Å². The number of hydrogen-bond acceptors (Lipinski definition) is 4. The van der Waals surface area contributed by atoms with E-state index in [0.717, 1.165) is 23.5 Å². The van der Waals surface area contributed by atoms with Gasteiger partial charge in [0, 0.05) is 37.5 Å². The van der Waals surface area contributed by atoms with Crippen LogP contribution in [0.2, 0.25) is 0 Å². The van der Waals surface area contributed by atoms with E-state index in [1.807, 2.05) is 32.6 Å². The predicted molar refractivity (Wildman–Crippen MR) is 90.7 cm³/mol. The lowest BCUT2D eigenvalue weighted by atomic mass is 10.1. The molecule has 22 heavy (non-hydrogen) atoms. The van der Waals surface area contributed by atoms with Gasteiger partial charge in [0.15, 0.2) is 0 Å². The van der Waals surface area contributed by atoms with Gasteiger partial charge in [0.05, 0.1) is 5.56 Å². The van der Waals surface area contributed by atoms with E-state index in [0.29, 0.717) is 36.0 Å². The Morgan fingerprint density at radius 2 is 1.91 bits per heavy atom. The van der Waals surface area contributed by atoms with Crippen LogP contribution in [0, 0.1) is 19.8 Å². The standard InChI is InChI=1S/C16H25N3O2S/c1-10(2)9-13(20)18-15-14(11(3)12(4)22-15)16(21)19-7-5-17-6-8-19/h10,17H,5-9H2,1-4H3,(H,18,20). The summed E-state index contributed by atoms with van der Waals surface area (Å²) in [5.74, 6) is 0.309. The number of rotatable bonds is 4. The van der Waals surface area contributed by atoms with Crippen LogP contribution in [0.15, 0.2) is 0 Å². The van der Waals surface area contributed by atoms with E-state index in [4.69, 9.17) is 0 Å². The average molecular weight is 323 g/mol. The monoisotopic (exact) mass is 323 g/mol. The molecule has 1 aromatic heterocycles. The van der Waals surface area contributed by atoms with Crippen molar-refractivity contribution in [2.45, 2.75) is 34.1 Å². The third kappa shape index (κ3) is 3.87. The SMILES string of the molecule is Cc1sc(NC(=O)CC(C)C)c(C(=O)N2CCNCC2)c1C. The number of piperazine rings is 1. The number of nitrogens with one attached hydrogen (secondary N) is 2. The first kappa shape index (κ1) is 17.0. The fourth-order valence-corrected chi connectivity index (χ4v) is 3.62. The maximum atomic E-state index is 12.8. The minimum Gasteiger partial charge on any atom is -0.336 e. The Kier molecular flexibility index (Phi) is 5.58. The lowest BCUT2D eigenvalue weighted by Crippen LogP contribution is -2.46. The van der Waals surface area contributed by atoms with Gasteiger partial charge in [0.1, 0.15) is 5.00 Å². The summed E-state index contributed by atoms with van der Waals surface area (Å²) in [6.07, 6.45) is 0.470. The molecule has 2 amide bonds. The Morgan fingerprint density at radius 3 is 2.50 bits per heavy atom. The van der Waals surface area contributed by atoms with Crippen LogP contribution >= 0.6 is 11.3 Å². The molecule has 2 heterocycles. The molecule has 2 N–H and O–H groups in total. The first-order chi connectivity index (χ1) is 10.4. The second-order valence-corrected chi connectivity index (χ2v) is 7.40. The molecule has 0 radical (unpaired) electrons. The molecule has 0 unspecified atom stereocenters. The normalized spacial score (nSPS) is 15.2. The Labute approximate surface area is 136 Å². The molecule has 1 saturated heterocycles. The quantitative estimate of drug-likeness (QED) is 0.894. The molecule has 2 rings (SSSR count). The molecule has 1 aromatic rings. The average Bonchev–Trinajstić information content (AvgIpc) is 2.73. The number of carbonyl (C=O) groups excluding carboxylic acids is 2. The van der Waals surface area contributed by atoms with E-state index in [1.54, 1.807) is 0 Å². The zero-order valence-electron chi connectivity index (χ0n) is 13.8. The van der Waals surface area contributed by atoms with Gasteiger partial charge in [0.2, 0.25) is 5.91 Å². The van der Waals surface area contributed by atoms with Crippen LogP contribution in [0.4, 0.5) is 5.00 Å². The number of aryl methyl sites for hydroxylation is 1. The van der Waals surface area contributed by atoms with Crippen LogP contribution in [0.5, 0.6) is 0 Å². The number of thiophene rings is 1. The minimum absolute atomic E-state index is 0.0226. The zero-order chi connectivity index (χ0) is 16.3. The molecule has 5 nitrogen and oxygen atoms in total. The van der Waals surface area contributed by atoms with Gasteiger partial charge in [-0.15, -0.1) is 11.3 Å². The molecule has 0 aromatic carbocycles. The van der Waals surface area contributed by atoms with Crippen LogP contribution in [0.3, 0.4) is 0 Å². The Hall–Kier alpha value is -1.40. The molecule has 1 aliphatic rings. The molecular weight excluding hydrogens is 298 g/mol. The summed E-state index contributed by atoms with van der Waals surface area (Å²) in [7, 11) is 0. The highest BCUT2D eigenvalue weighted by molar-refractivity contribution is 7.16. The van der Waals surface area contributed by atoms with Gasteiger partial charge in [-0.25, -0.2) is 0 Å². The Morgan fingerprint density at radius 1 is 1.27 bits per heavy atom. The lowest BCUT2D eigenvalue weighted by Gasteiger charge is -2.28. The first-order valence-electron chi connectivity index (χ1n) is 7.80. The molecule has 6 heteroatoms. The second kappa shape index (κ2) is 7.24. The van der Waals surface area contributed by atoms with Gasteiger partial charge < -0.3 is 15.5 Å². The van der Waals surface area contributed by atoms with Gasteiger partial charge in [-0.2, -0.15) is 0 Å². The van der Waals surface area contributed by atoms with Crippen molar-refractivity contribution in [1.29, 1.82) is 0 Å². The molecule has 0 atom stereocenters. The van der Waals surface area contributed by atoms with Gasteiger partial charge >= 0.3 is 0 Å². The summed E-state index contributed by atoms with van der Waals surface area (Å²) in [4.78, 5) is 27.8. The summed E-state index contributed by atoms with van der Waals surface area (Å²) >= 11 is 1.49. The van der Waals surface area contributed by atoms with Crippen molar-refractivity contribution in [3.05, 3.63) is 16.0 Å². The van der Waals surface area contributed by atoms with Gasteiger partial charge in [-0.3, -0.25) is 9.59 Å². The first-order valence-corrected chi connectivity index (χ1v) is 8.61. The Balaban J connectivity index is 2.22. The van der Waals surface area contributed by atoms with E-state index in [2.05, 4.69) is 10.6 Å². The Bertz CT molecular complexity index is 560. The van der Waals surface area contributed by atoms with Crippen molar-refractivity contribution in [2.75, 3.05) is 31.5 Å². The van der Waals surface area contributed by atoms with Gasteiger partial charge in [-0.05, 0) is 25.3 Å². The second-order valence-electron chi connectivity index (χ2n) is 6.18. The highest BCUT2D eigenvalue weighted by atomic mass is 32.1. The fourth-order valence-electron chi connectivity index (χ4n) is 2.55. The van der Waals surface area contributed by atoms with Crippen molar-refractivity contribution in [3.8, 4) is 0 Å². The molecule has 0 spiro atoms. The summed E-state index contributed by atoms with van der Waals surface area (Å²) in [6, 6.07) is 0. The highest BCUT2D eigenvalue weighted by Crippen LogP contribution is 2.33. The number of carbonyl (C=O) groups is 2.